The maximum atomic E-state index is 13.0. The Bertz CT molecular complexity index is 1290. The average Bonchev–Trinajstić information content (AvgIpc) is 3.52. The summed E-state index contributed by atoms with van der Waals surface area (Å²) in [4.78, 5) is 12.8. The second-order valence-corrected chi connectivity index (χ2v) is 9.61. The van der Waals surface area contributed by atoms with Gasteiger partial charge in [-0.15, -0.1) is 0 Å². The van der Waals surface area contributed by atoms with Gasteiger partial charge in [-0.25, -0.2) is 13.1 Å². The number of rotatable bonds is 3. The Balaban J connectivity index is 1.61. The Hall–Kier alpha value is -3.31. The zero-order valence-corrected chi connectivity index (χ0v) is 18.4. The first-order valence-electron chi connectivity index (χ1n) is 10.1. The molecule has 4 rings (SSSR count). The summed E-state index contributed by atoms with van der Waals surface area (Å²) in [5.41, 5.74) is 1.59. The van der Waals surface area contributed by atoms with Crippen LogP contribution in [-0.2, 0) is 17.1 Å². The van der Waals surface area contributed by atoms with Crippen LogP contribution >= 0.6 is 0 Å². The predicted octanol–water partition coefficient (Wildman–Crippen LogP) is 1.27. The molecule has 2 atom stereocenters. The Morgan fingerprint density at radius 2 is 2.16 bits per heavy atom. The lowest BCUT2D eigenvalue weighted by Gasteiger charge is -2.17. The van der Waals surface area contributed by atoms with E-state index in [1.807, 2.05) is 0 Å². The maximum Gasteiger partial charge on any atom is 0.276 e. The summed E-state index contributed by atoms with van der Waals surface area (Å²) in [6.45, 7) is 1.59. The number of hydrogen-bond donors (Lipinski definition) is 3. The molecular formula is C22H22N4O5S. The van der Waals surface area contributed by atoms with Gasteiger partial charge in [0.2, 0.25) is 10.0 Å². The summed E-state index contributed by atoms with van der Waals surface area (Å²) in [6, 6.07) is 5.98. The monoisotopic (exact) mass is 454 g/mol. The number of nitrogens with one attached hydrogen (secondary N) is 2. The summed E-state index contributed by atoms with van der Waals surface area (Å²) >= 11 is 0. The van der Waals surface area contributed by atoms with E-state index in [1.54, 1.807) is 25.1 Å². The number of aryl methyl sites for hydroxylation is 2. The fraction of sp³-hybridized carbons (Fsp3) is 0.364. The van der Waals surface area contributed by atoms with E-state index in [0.29, 0.717) is 11.3 Å². The van der Waals surface area contributed by atoms with Gasteiger partial charge in [0.05, 0.1) is 17.7 Å². The minimum Gasteiger partial charge on any atom is -0.488 e. The van der Waals surface area contributed by atoms with Gasteiger partial charge in [0.1, 0.15) is 17.6 Å². The third kappa shape index (κ3) is 4.34. The first kappa shape index (κ1) is 21.9. The topological polar surface area (TPSA) is 133 Å². The van der Waals surface area contributed by atoms with Crippen LogP contribution in [0.1, 0.15) is 34.5 Å². The van der Waals surface area contributed by atoms with Crippen molar-refractivity contribution in [2.24, 2.45) is 13.0 Å². The lowest BCUT2D eigenvalue weighted by Crippen LogP contribution is -2.45. The van der Waals surface area contributed by atoms with Crippen LogP contribution in [0.4, 0.5) is 5.69 Å². The van der Waals surface area contributed by atoms with E-state index in [4.69, 9.17) is 4.74 Å². The van der Waals surface area contributed by atoms with Gasteiger partial charge in [0, 0.05) is 24.8 Å². The standard InChI is InChI=1S/C22H22N4O5S/c1-13-3-7-16(9-15(13)10-23)24-22(28)20-21-19(11-26(20)2)32(29,30)25-17(12-31-21)18(27)8-6-14-4-5-14/h3,7,9,11,14,17-18,25,27H,4-5,12H2,1-2H3,(H,24,28)/t17-,18+/m1/s1. The number of hydrogen-bond acceptors (Lipinski definition) is 6. The summed E-state index contributed by atoms with van der Waals surface area (Å²) in [5.74, 6) is 5.16. The number of aliphatic hydroxyl groups is 1. The SMILES string of the molecule is Cc1ccc(NC(=O)c2c3c(cn2C)S(=O)(=O)N[C@@H]([C@@H](O)C#CC2CC2)CO3)cc1C#N. The van der Waals surface area contributed by atoms with Gasteiger partial charge in [-0.3, -0.25) is 4.79 Å². The van der Waals surface area contributed by atoms with Gasteiger partial charge in [-0.1, -0.05) is 17.9 Å². The fourth-order valence-electron chi connectivity index (χ4n) is 3.34. The van der Waals surface area contributed by atoms with Gasteiger partial charge in [-0.05, 0) is 37.5 Å². The van der Waals surface area contributed by atoms with Crippen molar-refractivity contribution in [1.29, 1.82) is 5.26 Å². The predicted molar refractivity (Wildman–Crippen MR) is 115 cm³/mol. The van der Waals surface area contributed by atoms with Crippen LogP contribution in [0, 0.1) is 36.0 Å². The highest BCUT2D eigenvalue weighted by Crippen LogP contribution is 2.33. The van der Waals surface area contributed by atoms with Gasteiger partial charge in [0.25, 0.3) is 5.91 Å². The van der Waals surface area contributed by atoms with Crippen molar-refractivity contribution in [1.82, 2.24) is 9.29 Å². The molecule has 1 saturated carbocycles. The number of sulfonamides is 1. The molecule has 0 unspecified atom stereocenters. The average molecular weight is 455 g/mol. The van der Waals surface area contributed by atoms with Crippen LogP contribution in [0.25, 0.3) is 0 Å². The van der Waals surface area contributed by atoms with E-state index in [9.17, 15) is 23.6 Å². The molecule has 0 spiro atoms. The summed E-state index contributed by atoms with van der Waals surface area (Å²) in [5, 5.41) is 22.2. The minimum atomic E-state index is -4.07. The number of aromatic nitrogens is 1. The number of ether oxygens (including phenoxy) is 1. The molecule has 1 aromatic carbocycles. The van der Waals surface area contributed by atoms with Crippen LogP contribution in [0.2, 0.25) is 0 Å². The van der Waals surface area contributed by atoms with Crippen LogP contribution in [-0.4, -0.2) is 42.8 Å². The van der Waals surface area contributed by atoms with Crippen molar-refractivity contribution >= 4 is 21.6 Å². The van der Waals surface area contributed by atoms with Crippen LogP contribution in [0.5, 0.6) is 5.75 Å². The number of amides is 1. The van der Waals surface area contributed by atoms with Gasteiger partial charge in [-0.2, -0.15) is 5.26 Å². The molecule has 1 aliphatic heterocycles. The van der Waals surface area contributed by atoms with Crippen LogP contribution < -0.4 is 14.8 Å². The van der Waals surface area contributed by atoms with Crippen molar-refractivity contribution in [3.05, 3.63) is 41.2 Å². The number of aliphatic hydroxyl groups excluding tert-OH is 1. The smallest absolute Gasteiger partial charge is 0.276 e. The zero-order valence-electron chi connectivity index (χ0n) is 17.5. The second kappa shape index (κ2) is 8.32. The Kier molecular flexibility index (Phi) is 5.70. The molecule has 2 aromatic rings. The third-order valence-electron chi connectivity index (χ3n) is 5.33. The molecule has 2 heterocycles. The first-order valence-corrected chi connectivity index (χ1v) is 11.5. The third-order valence-corrected chi connectivity index (χ3v) is 6.81. The molecule has 3 N–H and O–H groups in total. The first-order chi connectivity index (χ1) is 15.2. The Morgan fingerprint density at radius 3 is 2.84 bits per heavy atom. The quantitative estimate of drug-likeness (QED) is 0.598. The molecule has 0 bridgehead atoms. The van der Waals surface area contributed by atoms with Crippen molar-refractivity contribution in [3.8, 4) is 23.7 Å². The minimum absolute atomic E-state index is 0.00339. The summed E-state index contributed by atoms with van der Waals surface area (Å²) < 4.78 is 35.3. The highest BCUT2D eigenvalue weighted by molar-refractivity contribution is 7.89. The van der Waals surface area contributed by atoms with E-state index < -0.39 is 28.1 Å². The number of nitriles is 1. The molecule has 9 nitrogen and oxygen atoms in total. The van der Waals surface area contributed by atoms with Crippen LogP contribution in [0.3, 0.4) is 0 Å². The van der Waals surface area contributed by atoms with E-state index in [1.165, 1.54) is 17.8 Å². The Morgan fingerprint density at radius 1 is 1.41 bits per heavy atom. The summed E-state index contributed by atoms with van der Waals surface area (Å²) in [7, 11) is -2.53. The van der Waals surface area contributed by atoms with Crippen molar-refractivity contribution in [3.63, 3.8) is 0 Å². The number of fused-ring (bicyclic) bond motifs is 1. The number of anilines is 1. The second-order valence-electron chi connectivity index (χ2n) is 7.92. The van der Waals surface area contributed by atoms with Crippen LogP contribution in [0.15, 0.2) is 29.3 Å². The zero-order chi connectivity index (χ0) is 23.0. The molecule has 32 heavy (non-hydrogen) atoms. The molecule has 166 valence electrons. The van der Waals surface area contributed by atoms with E-state index >= 15 is 0 Å². The van der Waals surface area contributed by atoms with E-state index in [-0.39, 0.29) is 28.9 Å². The molecule has 1 aliphatic carbocycles. The van der Waals surface area contributed by atoms with Gasteiger partial charge in [0.15, 0.2) is 11.4 Å². The molecule has 0 saturated heterocycles. The molecule has 2 aliphatic rings. The summed E-state index contributed by atoms with van der Waals surface area (Å²) in [6.07, 6.45) is 2.01. The lowest BCUT2D eigenvalue weighted by atomic mass is 10.1. The molecule has 1 amide bonds. The molecule has 10 heteroatoms. The highest BCUT2D eigenvalue weighted by atomic mass is 32.2. The number of carbonyl (C=O) groups is 1. The fourth-order valence-corrected chi connectivity index (χ4v) is 4.76. The lowest BCUT2D eigenvalue weighted by molar-refractivity contribution is 0.101. The number of nitrogens with zero attached hydrogens (tertiary/aromatic N) is 2. The molecule has 1 fully saturated rings. The molecule has 0 radical (unpaired) electrons. The van der Waals surface area contributed by atoms with Crippen molar-refractivity contribution in [2.75, 3.05) is 11.9 Å². The highest BCUT2D eigenvalue weighted by Gasteiger charge is 2.36. The number of carbonyl (C=O) groups excluding carboxylic acids is 1. The number of benzene rings is 1. The van der Waals surface area contributed by atoms with E-state index in [0.717, 1.165) is 18.4 Å². The Labute approximate surface area is 186 Å². The van der Waals surface area contributed by atoms with Crippen molar-refractivity contribution < 1.29 is 23.1 Å². The molecule has 1 aromatic heterocycles. The van der Waals surface area contributed by atoms with E-state index in [2.05, 4.69) is 27.9 Å². The molecular weight excluding hydrogens is 432 g/mol. The maximum absolute atomic E-state index is 13.0. The van der Waals surface area contributed by atoms with Gasteiger partial charge >= 0.3 is 0 Å². The normalized spacial score (nSPS) is 19.9. The van der Waals surface area contributed by atoms with Crippen molar-refractivity contribution in [2.45, 2.75) is 36.8 Å². The largest absolute Gasteiger partial charge is 0.488 e. The van der Waals surface area contributed by atoms with Gasteiger partial charge < -0.3 is 19.7 Å².